The van der Waals surface area contributed by atoms with E-state index in [1.807, 2.05) is 18.2 Å². The van der Waals surface area contributed by atoms with Crippen LogP contribution in [0, 0.1) is 0 Å². The highest BCUT2D eigenvalue weighted by Crippen LogP contribution is 2.17. The lowest BCUT2D eigenvalue weighted by Crippen LogP contribution is -2.08. The lowest BCUT2D eigenvalue weighted by Gasteiger charge is -1.94. The van der Waals surface area contributed by atoms with Gasteiger partial charge in [0.2, 0.25) is 0 Å². The normalized spacial score (nSPS) is 10.5. The molecule has 2 aromatic rings. The molecule has 0 aliphatic rings. The highest BCUT2D eigenvalue weighted by molar-refractivity contribution is 5.89. The molecule has 0 spiro atoms. The Labute approximate surface area is 63.4 Å². The summed E-state index contributed by atoms with van der Waals surface area (Å²) < 4.78 is 0. The van der Waals surface area contributed by atoms with E-state index in [4.69, 9.17) is 11.6 Å². The fourth-order valence-corrected chi connectivity index (χ4v) is 1.09. The second kappa shape index (κ2) is 1.88. The average molecular weight is 148 g/mol. The van der Waals surface area contributed by atoms with Crippen LogP contribution in [0.4, 0.5) is 5.69 Å². The third kappa shape index (κ3) is 0.724. The predicted octanol–water partition coefficient (Wildman–Crippen LogP) is 0.332. The van der Waals surface area contributed by atoms with Crippen LogP contribution in [-0.2, 0) is 0 Å². The molecule has 4 heteroatoms. The Kier molecular flexibility index (Phi) is 1.03. The molecule has 4 N–H and O–H groups in total. The largest absolute Gasteiger partial charge is 0.398 e. The number of benzene rings is 1. The minimum atomic E-state index is 0.708. The van der Waals surface area contributed by atoms with Crippen LogP contribution < -0.4 is 11.6 Å². The third-order valence-corrected chi connectivity index (χ3v) is 1.67. The minimum Gasteiger partial charge on any atom is -0.398 e. The predicted molar refractivity (Wildman–Crippen MR) is 44.3 cm³/mol. The number of fused-ring (bicyclic) bond motifs is 1. The summed E-state index contributed by atoms with van der Waals surface area (Å²) in [5, 5.41) is 4.77. The van der Waals surface area contributed by atoms with Crippen LogP contribution in [0.3, 0.4) is 0 Å². The first kappa shape index (κ1) is 6.03. The van der Waals surface area contributed by atoms with Crippen molar-refractivity contribution in [1.82, 2.24) is 9.89 Å². The fourth-order valence-electron chi connectivity index (χ4n) is 1.09. The van der Waals surface area contributed by atoms with Gasteiger partial charge >= 0.3 is 0 Å². The molecule has 4 nitrogen and oxygen atoms in total. The molecule has 0 amide bonds. The molecule has 56 valence electrons. The van der Waals surface area contributed by atoms with Gasteiger partial charge in [0.1, 0.15) is 0 Å². The number of anilines is 1. The molecule has 1 aromatic heterocycles. The van der Waals surface area contributed by atoms with Crippen LogP contribution in [0.5, 0.6) is 0 Å². The Morgan fingerprint density at radius 3 is 2.91 bits per heavy atom. The van der Waals surface area contributed by atoms with Gasteiger partial charge in [-0.2, -0.15) is 9.89 Å². The minimum absolute atomic E-state index is 0.708. The van der Waals surface area contributed by atoms with Crippen LogP contribution in [-0.4, -0.2) is 9.89 Å². The van der Waals surface area contributed by atoms with Crippen LogP contribution >= 0.6 is 0 Å². The van der Waals surface area contributed by atoms with Crippen molar-refractivity contribution >= 4 is 16.6 Å². The summed E-state index contributed by atoms with van der Waals surface area (Å²) in [5.41, 5.74) is 7.22. The summed E-state index contributed by atoms with van der Waals surface area (Å²) in [5.74, 6) is 5.50. The highest BCUT2D eigenvalue weighted by atomic mass is 15.5. The maximum atomic E-state index is 5.66. The molecule has 0 bridgehead atoms. The monoisotopic (exact) mass is 148 g/mol. The number of rotatable bonds is 0. The number of nitrogen functional groups attached to an aromatic ring is 2. The van der Waals surface area contributed by atoms with E-state index < -0.39 is 0 Å². The molecule has 0 fully saturated rings. The van der Waals surface area contributed by atoms with Crippen molar-refractivity contribution in [3.05, 3.63) is 24.4 Å². The van der Waals surface area contributed by atoms with Crippen LogP contribution in [0.1, 0.15) is 0 Å². The van der Waals surface area contributed by atoms with Crippen LogP contribution in [0.25, 0.3) is 10.9 Å². The van der Waals surface area contributed by atoms with E-state index in [0.29, 0.717) is 5.69 Å². The van der Waals surface area contributed by atoms with Gasteiger partial charge in [0.25, 0.3) is 0 Å². The summed E-state index contributed by atoms with van der Waals surface area (Å²) in [6, 6.07) is 5.55. The number of hydrogen-bond acceptors (Lipinski definition) is 3. The number of hydrogen-bond donors (Lipinski definition) is 2. The molecule has 11 heavy (non-hydrogen) atoms. The van der Waals surface area contributed by atoms with Crippen molar-refractivity contribution in [2.75, 3.05) is 11.6 Å². The van der Waals surface area contributed by atoms with Gasteiger partial charge in [-0.15, -0.1) is 0 Å². The quantitative estimate of drug-likeness (QED) is 0.418. The van der Waals surface area contributed by atoms with Gasteiger partial charge in [0, 0.05) is 11.1 Å². The van der Waals surface area contributed by atoms with Crippen LogP contribution in [0.2, 0.25) is 0 Å². The first-order valence-corrected chi connectivity index (χ1v) is 3.26. The summed E-state index contributed by atoms with van der Waals surface area (Å²) >= 11 is 0. The number of aromatic nitrogens is 2. The topological polar surface area (TPSA) is 69.9 Å². The molecule has 0 aliphatic carbocycles. The zero-order valence-corrected chi connectivity index (χ0v) is 5.86. The molecular formula is C7H8N4. The van der Waals surface area contributed by atoms with Crippen molar-refractivity contribution in [1.29, 1.82) is 0 Å². The molecule has 0 aliphatic heterocycles. The van der Waals surface area contributed by atoms with Gasteiger partial charge in [0.15, 0.2) is 0 Å². The van der Waals surface area contributed by atoms with Gasteiger partial charge < -0.3 is 11.6 Å². The average Bonchev–Trinajstić information content (AvgIpc) is 2.35. The zero-order chi connectivity index (χ0) is 7.84. The molecule has 1 heterocycles. The summed E-state index contributed by atoms with van der Waals surface area (Å²) in [6.45, 7) is 0. The van der Waals surface area contributed by atoms with Crippen LogP contribution in [0.15, 0.2) is 24.4 Å². The first-order valence-electron chi connectivity index (χ1n) is 3.26. The van der Waals surface area contributed by atoms with Crippen molar-refractivity contribution in [3.8, 4) is 0 Å². The number of nitrogens with two attached hydrogens (primary N) is 2. The van der Waals surface area contributed by atoms with Crippen molar-refractivity contribution < 1.29 is 0 Å². The van der Waals surface area contributed by atoms with E-state index in [2.05, 4.69) is 5.10 Å². The summed E-state index contributed by atoms with van der Waals surface area (Å²) in [4.78, 5) is 1.31. The second-order valence-corrected chi connectivity index (χ2v) is 2.37. The summed E-state index contributed by atoms with van der Waals surface area (Å²) in [7, 11) is 0. The van der Waals surface area contributed by atoms with E-state index >= 15 is 0 Å². The van der Waals surface area contributed by atoms with Gasteiger partial charge in [-0.3, -0.25) is 0 Å². The van der Waals surface area contributed by atoms with Crippen molar-refractivity contribution in [2.24, 2.45) is 0 Å². The van der Waals surface area contributed by atoms with E-state index in [-0.39, 0.29) is 0 Å². The van der Waals surface area contributed by atoms with E-state index in [1.165, 1.54) is 4.79 Å². The van der Waals surface area contributed by atoms with E-state index in [9.17, 15) is 0 Å². The second-order valence-electron chi connectivity index (χ2n) is 2.37. The van der Waals surface area contributed by atoms with E-state index in [0.717, 1.165) is 10.9 Å². The molecular weight excluding hydrogens is 140 g/mol. The van der Waals surface area contributed by atoms with E-state index in [1.54, 1.807) is 6.20 Å². The van der Waals surface area contributed by atoms with Gasteiger partial charge in [-0.25, -0.2) is 0 Å². The zero-order valence-electron chi connectivity index (χ0n) is 5.86. The lowest BCUT2D eigenvalue weighted by atomic mass is 10.2. The SMILES string of the molecule is Nc1cccc2c1cnn2N. The highest BCUT2D eigenvalue weighted by Gasteiger charge is 2.00. The van der Waals surface area contributed by atoms with Crippen molar-refractivity contribution in [2.45, 2.75) is 0 Å². The lowest BCUT2D eigenvalue weighted by molar-refractivity contribution is 0.863. The van der Waals surface area contributed by atoms with Gasteiger partial charge in [-0.1, -0.05) is 6.07 Å². The third-order valence-electron chi connectivity index (χ3n) is 1.67. The van der Waals surface area contributed by atoms with Crippen molar-refractivity contribution in [3.63, 3.8) is 0 Å². The molecule has 0 saturated carbocycles. The maximum Gasteiger partial charge on any atom is 0.0936 e. The molecule has 0 atom stereocenters. The summed E-state index contributed by atoms with van der Waals surface area (Å²) in [6.07, 6.45) is 1.66. The molecule has 0 unspecified atom stereocenters. The molecule has 1 aromatic carbocycles. The maximum absolute atomic E-state index is 5.66. The molecule has 0 radical (unpaired) electrons. The Morgan fingerprint density at radius 2 is 2.18 bits per heavy atom. The smallest absolute Gasteiger partial charge is 0.0936 e. The standard InChI is InChI=1S/C7H8N4/c8-6-2-1-3-7-5(6)4-10-11(7)9/h1-4H,8-9H2. The van der Waals surface area contributed by atoms with Gasteiger partial charge in [0.05, 0.1) is 11.7 Å². The first-order chi connectivity index (χ1) is 5.29. The molecule has 0 saturated heterocycles. The fraction of sp³-hybridized carbons (Fsp3) is 0. The Bertz CT molecular complexity index is 390. The Balaban J connectivity index is 2.94. The number of nitrogens with zero attached hydrogens (tertiary/aromatic N) is 2. The Hall–Kier alpha value is -1.71. The molecule has 2 rings (SSSR count). The Morgan fingerprint density at radius 1 is 1.36 bits per heavy atom. The van der Waals surface area contributed by atoms with Gasteiger partial charge in [-0.05, 0) is 12.1 Å².